The Morgan fingerprint density at radius 3 is 2.78 bits per heavy atom. The molecule has 0 fully saturated rings. The van der Waals surface area contributed by atoms with Crippen molar-refractivity contribution >= 4 is 5.91 Å². The van der Waals surface area contributed by atoms with Gasteiger partial charge in [-0.1, -0.05) is 13.8 Å². The zero-order valence-corrected chi connectivity index (χ0v) is 10.6. The third-order valence-corrected chi connectivity index (χ3v) is 2.72. The van der Waals surface area contributed by atoms with Gasteiger partial charge in [0.15, 0.2) is 0 Å². The fourth-order valence-corrected chi connectivity index (χ4v) is 1.72. The predicted octanol–water partition coefficient (Wildman–Crippen LogP) is 0.665. The monoisotopic (exact) mass is 248 g/mol. The number of aryl methyl sites for hydroxylation is 1. The van der Waals surface area contributed by atoms with Gasteiger partial charge < -0.3 is 10.3 Å². The van der Waals surface area contributed by atoms with E-state index in [1.54, 1.807) is 11.7 Å². The predicted molar refractivity (Wildman–Crippen MR) is 64.6 cm³/mol. The van der Waals surface area contributed by atoms with Crippen LogP contribution in [0.1, 0.15) is 36.2 Å². The van der Waals surface area contributed by atoms with Gasteiger partial charge >= 0.3 is 0 Å². The molecule has 2 rings (SSSR count). The summed E-state index contributed by atoms with van der Waals surface area (Å²) in [7, 11) is 1.81. The molecule has 0 aliphatic carbocycles. The zero-order valence-electron chi connectivity index (χ0n) is 10.6. The van der Waals surface area contributed by atoms with Gasteiger partial charge in [0.05, 0.1) is 18.6 Å². The molecule has 0 bridgehead atoms. The minimum Gasteiger partial charge on any atom is -0.341 e. The third kappa shape index (κ3) is 2.39. The van der Waals surface area contributed by atoms with Gasteiger partial charge in [-0.05, 0) is 5.92 Å². The first kappa shape index (κ1) is 12.3. The lowest BCUT2D eigenvalue weighted by Gasteiger charge is -2.20. The molecule has 0 aromatic carbocycles. The average Bonchev–Trinajstić information content (AvgIpc) is 2.96. The highest BCUT2D eigenvalue weighted by Crippen LogP contribution is 2.19. The molecule has 7 heteroatoms. The molecule has 0 saturated heterocycles. The highest BCUT2D eigenvalue weighted by molar-refractivity contribution is 5.92. The number of aromatic nitrogens is 5. The van der Waals surface area contributed by atoms with Crippen molar-refractivity contribution in [2.75, 3.05) is 0 Å². The minimum absolute atomic E-state index is 0.187. The van der Waals surface area contributed by atoms with E-state index in [0.29, 0.717) is 5.69 Å². The van der Waals surface area contributed by atoms with Crippen molar-refractivity contribution in [2.24, 2.45) is 13.0 Å². The second-order valence-electron chi connectivity index (χ2n) is 4.40. The molecule has 0 aliphatic rings. The molecule has 0 radical (unpaired) electrons. The summed E-state index contributed by atoms with van der Waals surface area (Å²) in [6.45, 7) is 4.04. The van der Waals surface area contributed by atoms with Gasteiger partial charge in [0.2, 0.25) is 0 Å². The second-order valence-corrected chi connectivity index (χ2v) is 4.40. The van der Waals surface area contributed by atoms with Crippen molar-refractivity contribution in [2.45, 2.75) is 19.9 Å². The van der Waals surface area contributed by atoms with E-state index >= 15 is 0 Å². The van der Waals surface area contributed by atoms with Crippen LogP contribution in [0.4, 0.5) is 0 Å². The Kier molecular flexibility index (Phi) is 3.40. The minimum atomic E-state index is -0.200. The van der Waals surface area contributed by atoms with Gasteiger partial charge in [-0.25, -0.2) is 9.97 Å². The van der Waals surface area contributed by atoms with Gasteiger partial charge in [0.1, 0.15) is 17.8 Å². The summed E-state index contributed by atoms with van der Waals surface area (Å²) in [6, 6.07) is -0.187. The number of hydrogen-bond donors (Lipinski definition) is 2. The summed E-state index contributed by atoms with van der Waals surface area (Å²) < 4.78 is 1.66. The molecule has 0 saturated carbocycles. The Balaban J connectivity index is 2.18. The lowest BCUT2D eigenvalue weighted by Crippen LogP contribution is -2.33. The van der Waals surface area contributed by atoms with Crippen molar-refractivity contribution in [3.8, 4) is 0 Å². The van der Waals surface area contributed by atoms with Crippen molar-refractivity contribution in [1.29, 1.82) is 0 Å². The molecule has 0 unspecified atom stereocenters. The molecule has 2 aromatic heterocycles. The molecule has 96 valence electrons. The lowest BCUT2D eigenvalue weighted by molar-refractivity contribution is 0.0917. The summed E-state index contributed by atoms with van der Waals surface area (Å²) >= 11 is 0. The number of rotatable bonds is 4. The van der Waals surface area contributed by atoms with E-state index in [0.717, 1.165) is 5.82 Å². The number of carbonyl (C=O) groups excluding carboxylic acids is 1. The number of nitrogens with one attached hydrogen (secondary N) is 2. The van der Waals surface area contributed by atoms with Crippen LogP contribution >= 0.6 is 0 Å². The number of aromatic amines is 1. The number of nitrogens with zero attached hydrogens (tertiary/aromatic N) is 4. The summed E-state index contributed by atoms with van der Waals surface area (Å²) in [5.74, 6) is 0.742. The van der Waals surface area contributed by atoms with Crippen molar-refractivity contribution in [1.82, 2.24) is 30.0 Å². The van der Waals surface area contributed by atoms with Crippen LogP contribution in [0.2, 0.25) is 0 Å². The van der Waals surface area contributed by atoms with E-state index < -0.39 is 0 Å². The van der Waals surface area contributed by atoms with Gasteiger partial charge in [-0.15, -0.1) is 0 Å². The van der Waals surface area contributed by atoms with E-state index in [-0.39, 0.29) is 17.9 Å². The fraction of sp³-hybridized carbons (Fsp3) is 0.455. The number of amides is 1. The first-order valence-electron chi connectivity index (χ1n) is 5.72. The molecule has 1 atom stereocenters. The molecular formula is C11H16N6O. The molecule has 1 amide bonds. The average molecular weight is 248 g/mol. The van der Waals surface area contributed by atoms with E-state index in [1.807, 2.05) is 13.8 Å². The first-order chi connectivity index (χ1) is 8.59. The normalized spacial score (nSPS) is 12.7. The van der Waals surface area contributed by atoms with Crippen molar-refractivity contribution in [3.05, 3.63) is 30.4 Å². The Bertz CT molecular complexity index is 515. The molecule has 2 aromatic rings. The summed E-state index contributed by atoms with van der Waals surface area (Å²) in [5.41, 5.74) is 0.433. The van der Waals surface area contributed by atoms with Crippen LogP contribution in [-0.4, -0.2) is 30.6 Å². The lowest BCUT2D eigenvalue weighted by atomic mass is 10.0. The van der Waals surface area contributed by atoms with Crippen LogP contribution in [-0.2, 0) is 7.05 Å². The van der Waals surface area contributed by atoms with Crippen molar-refractivity contribution < 1.29 is 4.79 Å². The molecule has 7 nitrogen and oxygen atoms in total. The topological polar surface area (TPSA) is 88.5 Å². The van der Waals surface area contributed by atoms with E-state index in [9.17, 15) is 4.79 Å². The first-order valence-corrected chi connectivity index (χ1v) is 5.72. The van der Waals surface area contributed by atoms with Gasteiger partial charge in [-0.3, -0.25) is 9.48 Å². The van der Waals surface area contributed by atoms with E-state index in [4.69, 9.17) is 0 Å². The zero-order chi connectivity index (χ0) is 13.1. The maximum atomic E-state index is 12.0. The third-order valence-electron chi connectivity index (χ3n) is 2.72. The summed E-state index contributed by atoms with van der Waals surface area (Å²) in [6.07, 6.45) is 4.44. The summed E-state index contributed by atoms with van der Waals surface area (Å²) in [5, 5.41) is 6.95. The summed E-state index contributed by atoms with van der Waals surface area (Å²) in [4.78, 5) is 22.8. The number of carbonyl (C=O) groups is 1. The largest absolute Gasteiger partial charge is 0.341 e. The van der Waals surface area contributed by atoms with E-state index in [2.05, 4.69) is 25.4 Å². The number of imidazole rings is 1. The maximum Gasteiger partial charge on any atom is 0.269 e. The van der Waals surface area contributed by atoms with Crippen molar-refractivity contribution in [3.63, 3.8) is 0 Å². The Labute approximate surface area is 105 Å². The number of H-pyrrole nitrogens is 1. The Hall–Kier alpha value is -2.18. The van der Waals surface area contributed by atoms with Crippen LogP contribution in [0.5, 0.6) is 0 Å². The van der Waals surface area contributed by atoms with Crippen LogP contribution in [0.3, 0.4) is 0 Å². The molecule has 2 N–H and O–H groups in total. The highest BCUT2D eigenvalue weighted by Gasteiger charge is 2.23. The molecular weight excluding hydrogens is 232 g/mol. The van der Waals surface area contributed by atoms with E-state index in [1.165, 1.54) is 18.9 Å². The highest BCUT2D eigenvalue weighted by atomic mass is 16.2. The maximum absolute atomic E-state index is 12.0. The van der Waals surface area contributed by atoms with Crippen LogP contribution in [0, 0.1) is 5.92 Å². The SMILES string of the molecule is CC(C)[C@@H](NC(=O)c1cnc[nH]1)c1ncnn1C. The Morgan fingerprint density at radius 2 is 2.28 bits per heavy atom. The quantitative estimate of drug-likeness (QED) is 0.832. The fourth-order valence-electron chi connectivity index (χ4n) is 1.72. The molecule has 0 spiro atoms. The molecule has 2 heterocycles. The smallest absolute Gasteiger partial charge is 0.269 e. The molecule has 0 aliphatic heterocycles. The van der Waals surface area contributed by atoms with Gasteiger partial charge in [0, 0.05) is 7.05 Å². The van der Waals surface area contributed by atoms with Gasteiger partial charge in [0.25, 0.3) is 5.91 Å². The molecule has 18 heavy (non-hydrogen) atoms. The second kappa shape index (κ2) is 4.99. The van der Waals surface area contributed by atoms with Crippen LogP contribution in [0.15, 0.2) is 18.9 Å². The number of hydrogen-bond acceptors (Lipinski definition) is 4. The van der Waals surface area contributed by atoms with Gasteiger partial charge in [-0.2, -0.15) is 5.10 Å². The Morgan fingerprint density at radius 1 is 1.50 bits per heavy atom. The standard InChI is InChI=1S/C11H16N6O/c1-7(2)9(10-14-6-15-17(10)3)16-11(18)8-4-12-5-13-8/h4-7,9H,1-3H3,(H,12,13)(H,16,18)/t9-/m1/s1. The van der Waals surface area contributed by atoms with Crippen LogP contribution < -0.4 is 5.32 Å². The van der Waals surface area contributed by atoms with Crippen LogP contribution in [0.25, 0.3) is 0 Å².